The van der Waals surface area contributed by atoms with E-state index >= 15 is 0 Å². The molecule has 5 aliphatic heterocycles. The second kappa shape index (κ2) is 8.54. The van der Waals surface area contributed by atoms with Gasteiger partial charge < -0.3 is 5.32 Å². The van der Waals surface area contributed by atoms with Crippen molar-refractivity contribution < 1.29 is 18.2 Å². The maximum absolute atomic E-state index is 5.07. The summed E-state index contributed by atoms with van der Waals surface area (Å²) in [6.07, 6.45) is 13.9. The van der Waals surface area contributed by atoms with Crippen LogP contribution in [-0.4, -0.2) is 17.1 Å². The van der Waals surface area contributed by atoms with Gasteiger partial charge in [0.15, 0.2) is 0 Å². The normalized spacial score (nSPS) is 33.1. The van der Waals surface area contributed by atoms with Gasteiger partial charge in [0, 0.05) is 51.9 Å². The Hall–Kier alpha value is -1.54. The van der Waals surface area contributed by atoms with Gasteiger partial charge in [0.25, 0.3) is 0 Å². The van der Waals surface area contributed by atoms with E-state index < -0.39 is 0 Å². The average Bonchev–Trinajstić information content (AvgIpc) is 3.33. The van der Waals surface area contributed by atoms with Gasteiger partial charge in [-0.2, -0.15) is 11.4 Å². The fraction of sp³-hybridized carbons (Fsp3) is 0.536. The first-order valence-electron chi connectivity index (χ1n) is 11.9. The number of aliphatic imine (C=N–C) groups is 3. The predicted octanol–water partition coefficient (Wildman–Crippen LogP) is 8.13. The predicted molar refractivity (Wildman–Crippen MR) is 141 cm³/mol. The molecule has 8 bridgehead atoms. The van der Waals surface area contributed by atoms with Crippen LogP contribution in [0.5, 0.6) is 0 Å². The van der Waals surface area contributed by atoms with Crippen LogP contribution in [-0.2, 0) is 18.2 Å². The molecule has 0 unspecified atom stereocenters. The molecule has 0 saturated carbocycles. The Bertz CT molecular complexity index is 1170. The van der Waals surface area contributed by atoms with E-state index in [1.165, 1.54) is 0 Å². The summed E-state index contributed by atoms with van der Waals surface area (Å²) in [6, 6.07) is 0. The summed E-state index contributed by atoms with van der Waals surface area (Å²) in [6.45, 7) is 18.1. The average molecular weight is 569 g/mol. The van der Waals surface area contributed by atoms with Gasteiger partial charge in [0.2, 0.25) is 0 Å². The fourth-order valence-electron chi connectivity index (χ4n) is 5.26. The van der Waals surface area contributed by atoms with Gasteiger partial charge in [-0.1, -0.05) is 67.5 Å². The molecule has 0 aromatic heterocycles. The Morgan fingerprint density at radius 1 is 0.676 bits per heavy atom. The molecule has 0 N–H and O–H groups in total. The van der Waals surface area contributed by atoms with Crippen LogP contribution in [0.4, 0.5) is 0 Å². The van der Waals surface area contributed by atoms with Crippen molar-refractivity contribution >= 4 is 26.7 Å². The standard InChI is InChI=1S/C28H35N4.ClH.Pd/c1-25(2)13-17-10-22-27(5,6)15-19(31-22)12-24-28(7,8)16-20(32-24)11-23-26(3,4)14-18(30-23)9-21(25)29-17;;/h9-13H,14-16H2,1-8H3;1H;/q-1;;+2/p-1/b18-9-,19-12-,20-11-,22-10-;;. The van der Waals surface area contributed by atoms with E-state index in [9.17, 15) is 0 Å². The van der Waals surface area contributed by atoms with Crippen molar-refractivity contribution in [2.75, 3.05) is 0 Å². The SMILES string of the molecule is CC1(C)C=C2/C=C3\[N-]/C(=C\C4=NC(=C\C5=NC(=C\C1=N2)/CC5(C)C)/CC4(C)C)CC3(C)C.[Cl][Pd+]. The topological polar surface area (TPSA) is 51.2 Å². The Morgan fingerprint density at radius 2 is 1.21 bits per heavy atom. The zero-order valence-corrected chi connectivity index (χ0v) is 23.8. The maximum atomic E-state index is 5.07. The van der Waals surface area contributed by atoms with Crippen LogP contribution in [0.3, 0.4) is 0 Å². The molecule has 0 spiro atoms. The van der Waals surface area contributed by atoms with Crippen LogP contribution in [0, 0.1) is 21.7 Å². The van der Waals surface area contributed by atoms with Gasteiger partial charge in [0.05, 0.1) is 11.4 Å². The van der Waals surface area contributed by atoms with Crippen molar-refractivity contribution in [2.24, 2.45) is 36.6 Å². The fourth-order valence-corrected chi connectivity index (χ4v) is 5.26. The van der Waals surface area contributed by atoms with Crippen molar-refractivity contribution in [3.05, 3.63) is 64.2 Å². The molecular formula is C28H35ClN4Pd. The van der Waals surface area contributed by atoms with Crippen LogP contribution in [0.15, 0.2) is 73.8 Å². The van der Waals surface area contributed by atoms with Crippen molar-refractivity contribution in [2.45, 2.75) is 74.7 Å². The van der Waals surface area contributed by atoms with Crippen LogP contribution in [0.2, 0.25) is 0 Å². The summed E-state index contributed by atoms with van der Waals surface area (Å²) in [5, 5.41) is 5.05. The first kappa shape index (κ1) is 25.6. The summed E-state index contributed by atoms with van der Waals surface area (Å²) in [4.78, 5) is 15.1. The summed E-state index contributed by atoms with van der Waals surface area (Å²) in [7, 11) is 4.49. The van der Waals surface area contributed by atoms with Gasteiger partial charge in [-0.05, 0) is 30.1 Å². The van der Waals surface area contributed by atoms with Crippen molar-refractivity contribution in [3.63, 3.8) is 0 Å². The zero-order chi connectivity index (χ0) is 25.1. The van der Waals surface area contributed by atoms with Gasteiger partial charge in [-0.3, -0.25) is 15.0 Å². The van der Waals surface area contributed by atoms with Gasteiger partial charge in [-0.15, -0.1) is 0 Å². The first-order valence-corrected chi connectivity index (χ1v) is 13.9. The Kier molecular flexibility index (Phi) is 6.42. The molecule has 5 rings (SSSR count). The summed E-state index contributed by atoms with van der Waals surface area (Å²) in [5.74, 6) is 0. The molecule has 0 aliphatic carbocycles. The summed E-state index contributed by atoms with van der Waals surface area (Å²) < 4.78 is 0. The molecule has 184 valence electrons. The van der Waals surface area contributed by atoms with E-state index in [1.807, 2.05) is 0 Å². The second-order valence-electron chi connectivity index (χ2n) is 12.5. The van der Waals surface area contributed by atoms with Gasteiger partial charge >= 0.3 is 27.7 Å². The van der Waals surface area contributed by atoms with E-state index in [-0.39, 0.29) is 21.7 Å². The molecule has 4 nitrogen and oxygen atoms in total. The van der Waals surface area contributed by atoms with Crippen molar-refractivity contribution in [1.29, 1.82) is 0 Å². The van der Waals surface area contributed by atoms with Crippen LogP contribution in [0.1, 0.15) is 74.7 Å². The number of fused-ring (bicyclic) bond motifs is 5. The molecule has 5 heterocycles. The minimum absolute atomic E-state index is 0.00228. The molecule has 6 heteroatoms. The molecule has 1 fully saturated rings. The van der Waals surface area contributed by atoms with E-state index in [2.05, 4.69) is 113 Å². The summed E-state index contributed by atoms with van der Waals surface area (Å²) >= 11 is 2.22. The molecule has 0 amide bonds. The third kappa shape index (κ3) is 4.77. The number of allylic oxidation sites excluding steroid dienone is 9. The number of nitrogens with zero attached hydrogens (tertiary/aromatic N) is 4. The Morgan fingerprint density at radius 3 is 1.79 bits per heavy atom. The van der Waals surface area contributed by atoms with Crippen LogP contribution < -0.4 is 0 Å². The van der Waals surface area contributed by atoms with Gasteiger partial charge in [0.1, 0.15) is 0 Å². The number of rotatable bonds is 0. The monoisotopic (exact) mass is 568 g/mol. The third-order valence-corrected chi connectivity index (χ3v) is 7.35. The van der Waals surface area contributed by atoms with Crippen LogP contribution in [0.25, 0.3) is 5.32 Å². The minimum atomic E-state index is -0.121. The second-order valence-corrected chi connectivity index (χ2v) is 12.5. The van der Waals surface area contributed by atoms with Crippen molar-refractivity contribution in [3.8, 4) is 0 Å². The van der Waals surface area contributed by atoms with Crippen molar-refractivity contribution in [1.82, 2.24) is 0 Å². The van der Waals surface area contributed by atoms with E-state index in [1.54, 1.807) is 0 Å². The molecule has 0 aromatic rings. The van der Waals surface area contributed by atoms with E-state index in [0.717, 1.165) is 64.9 Å². The third-order valence-electron chi connectivity index (χ3n) is 7.35. The zero-order valence-electron chi connectivity index (χ0n) is 21.5. The Labute approximate surface area is 219 Å². The molecule has 0 aromatic carbocycles. The summed E-state index contributed by atoms with van der Waals surface area (Å²) in [5.41, 5.74) is 8.63. The first-order chi connectivity index (χ1) is 15.7. The van der Waals surface area contributed by atoms with Crippen LogP contribution >= 0.6 is 9.53 Å². The molecule has 5 aliphatic rings. The number of halogens is 1. The van der Waals surface area contributed by atoms with E-state index in [4.69, 9.17) is 20.3 Å². The Balaban J connectivity index is 0.00000133. The number of hydrogen-bond acceptors (Lipinski definition) is 3. The molecular weight excluding hydrogens is 534 g/mol. The molecule has 34 heavy (non-hydrogen) atoms. The molecule has 0 radical (unpaired) electrons. The van der Waals surface area contributed by atoms with Gasteiger partial charge in [-0.25, -0.2) is 0 Å². The molecule has 1 saturated heterocycles. The molecule has 0 atom stereocenters. The quantitative estimate of drug-likeness (QED) is 0.265. The van der Waals surface area contributed by atoms with E-state index in [0.29, 0.717) is 0 Å². The number of hydrogen-bond donors (Lipinski definition) is 0.